The average molecular weight is 485 g/mol. The van der Waals surface area contributed by atoms with Gasteiger partial charge in [0.15, 0.2) is 0 Å². The molecule has 8 heteroatoms. The van der Waals surface area contributed by atoms with Gasteiger partial charge in [-0.3, -0.25) is 0 Å². The fraction of sp³-hybridized carbons (Fsp3) is 0.393. The van der Waals surface area contributed by atoms with Gasteiger partial charge in [0, 0.05) is 36.8 Å². The van der Waals surface area contributed by atoms with Crippen LogP contribution in [-0.2, 0) is 5.41 Å². The van der Waals surface area contributed by atoms with E-state index in [4.69, 9.17) is 9.72 Å². The summed E-state index contributed by atoms with van der Waals surface area (Å²) in [5.41, 5.74) is 5.26. The van der Waals surface area contributed by atoms with E-state index >= 15 is 0 Å². The highest BCUT2D eigenvalue weighted by atomic mass is 16.5. The van der Waals surface area contributed by atoms with E-state index in [0.29, 0.717) is 23.8 Å². The number of aromatic nitrogens is 2. The number of nitrogens with zero attached hydrogens (tertiary/aromatic N) is 4. The Morgan fingerprint density at radius 3 is 2.81 bits per heavy atom. The predicted octanol–water partition coefficient (Wildman–Crippen LogP) is 4.22. The minimum absolute atomic E-state index is 0.00861. The summed E-state index contributed by atoms with van der Waals surface area (Å²) < 4.78 is 6.38. The standard InChI is InChI=1S/C28H32N6O2/c1-18-4-5-25(36-21-7-10-34(3)11-8-21)24(12-18)33-27-30-9-6-23(32-27)19-13-20(15-29)26-22(14-19)28(2,17-35)16-31-26/h4-6,9,12-14,21,31,35H,7-8,10-11,16-17H2,1-3H3,(H,30,32,33)/t28-/m1/s1. The molecule has 0 spiro atoms. The Morgan fingerprint density at radius 1 is 1.25 bits per heavy atom. The molecule has 3 heterocycles. The van der Waals surface area contributed by atoms with E-state index in [9.17, 15) is 10.4 Å². The number of aliphatic hydroxyl groups excluding tert-OH is 1. The quantitative estimate of drug-likeness (QED) is 0.478. The predicted molar refractivity (Wildman–Crippen MR) is 141 cm³/mol. The molecule has 1 aromatic heterocycles. The monoisotopic (exact) mass is 484 g/mol. The number of aryl methyl sites for hydroxylation is 1. The SMILES string of the molecule is Cc1ccc(OC2CCN(C)CC2)c(Nc2nccc(-c3cc(C#N)c4c(c3)[C@@](C)(CO)CN4)n2)c1. The van der Waals surface area contributed by atoms with Crippen LogP contribution in [0.5, 0.6) is 5.75 Å². The number of benzene rings is 2. The molecule has 2 aliphatic rings. The lowest BCUT2D eigenvalue weighted by Gasteiger charge is -2.30. The van der Waals surface area contributed by atoms with Gasteiger partial charge in [0.25, 0.3) is 0 Å². The Kier molecular flexibility index (Phi) is 6.52. The molecule has 2 aromatic carbocycles. The lowest BCUT2D eigenvalue weighted by atomic mass is 9.83. The van der Waals surface area contributed by atoms with Gasteiger partial charge in [-0.15, -0.1) is 0 Å². The summed E-state index contributed by atoms with van der Waals surface area (Å²) in [6, 6.07) is 14.1. The molecule has 0 aliphatic carbocycles. The molecule has 3 aromatic rings. The summed E-state index contributed by atoms with van der Waals surface area (Å²) in [5.74, 6) is 1.24. The van der Waals surface area contributed by atoms with Gasteiger partial charge in [-0.25, -0.2) is 9.97 Å². The Bertz CT molecular complexity index is 1310. The zero-order valence-corrected chi connectivity index (χ0v) is 21.0. The average Bonchev–Trinajstić information content (AvgIpc) is 3.23. The molecule has 1 fully saturated rings. The van der Waals surface area contributed by atoms with Crippen molar-refractivity contribution in [1.29, 1.82) is 5.26 Å². The van der Waals surface area contributed by atoms with E-state index in [1.165, 1.54) is 0 Å². The lowest BCUT2D eigenvalue weighted by Crippen LogP contribution is -2.35. The van der Waals surface area contributed by atoms with Gasteiger partial charge in [0.2, 0.25) is 5.95 Å². The third-order valence-electron chi connectivity index (χ3n) is 7.21. The maximum Gasteiger partial charge on any atom is 0.227 e. The molecule has 0 unspecified atom stereocenters. The van der Waals surface area contributed by atoms with Crippen molar-refractivity contribution in [1.82, 2.24) is 14.9 Å². The molecule has 0 bridgehead atoms. The fourth-order valence-electron chi connectivity index (χ4n) is 4.89. The van der Waals surface area contributed by atoms with E-state index in [1.54, 1.807) is 6.20 Å². The molecular formula is C28H32N6O2. The molecule has 36 heavy (non-hydrogen) atoms. The topological polar surface area (TPSA) is 106 Å². The van der Waals surface area contributed by atoms with Gasteiger partial charge in [0.1, 0.15) is 17.9 Å². The minimum atomic E-state index is -0.452. The highest BCUT2D eigenvalue weighted by Crippen LogP contribution is 2.41. The van der Waals surface area contributed by atoms with Gasteiger partial charge in [-0.1, -0.05) is 13.0 Å². The number of piperidine rings is 1. The molecule has 5 rings (SSSR count). The summed E-state index contributed by atoms with van der Waals surface area (Å²) in [7, 11) is 2.14. The molecule has 0 saturated carbocycles. The van der Waals surface area contributed by atoms with Gasteiger partial charge < -0.3 is 25.4 Å². The van der Waals surface area contributed by atoms with Crippen molar-refractivity contribution in [2.24, 2.45) is 0 Å². The smallest absolute Gasteiger partial charge is 0.227 e. The minimum Gasteiger partial charge on any atom is -0.488 e. The molecule has 0 amide bonds. The van der Waals surface area contributed by atoms with Crippen LogP contribution in [0, 0.1) is 18.3 Å². The number of anilines is 3. The van der Waals surface area contributed by atoms with E-state index in [-0.39, 0.29) is 12.7 Å². The van der Waals surface area contributed by atoms with Crippen LogP contribution >= 0.6 is 0 Å². The maximum atomic E-state index is 10.0. The normalized spacial score (nSPS) is 19.9. The van der Waals surface area contributed by atoms with Crippen LogP contribution in [0.1, 0.15) is 36.5 Å². The Hall–Kier alpha value is -3.67. The summed E-state index contributed by atoms with van der Waals surface area (Å²) in [4.78, 5) is 11.5. The molecule has 186 valence electrons. The first kappa shape index (κ1) is 24.0. The van der Waals surface area contributed by atoms with Crippen LogP contribution < -0.4 is 15.4 Å². The first-order valence-corrected chi connectivity index (χ1v) is 12.4. The van der Waals surface area contributed by atoms with Crippen LogP contribution in [0.25, 0.3) is 11.3 Å². The van der Waals surface area contributed by atoms with Crippen LogP contribution in [0.2, 0.25) is 0 Å². The number of aliphatic hydroxyl groups is 1. The van der Waals surface area contributed by atoms with Crippen molar-refractivity contribution in [2.75, 3.05) is 43.9 Å². The second-order valence-corrected chi connectivity index (χ2v) is 10.1. The second-order valence-electron chi connectivity index (χ2n) is 10.1. The highest BCUT2D eigenvalue weighted by molar-refractivity contribution is 5.76. The molecule has 8 nitrogen and oxygen atoms in total. The third-order valence-corrected chi connectivity index (χ3v) is 7.21. The Morgan fingerprint density at radius 2 is 2.06 bits per heavy atom. The largest absolute Gasteiger partial charge is 0.488 e. The molecule has 1 atom stereocenters. The zero-order chi connectivity index (χ0) is 25.3. The van der Waals surface area contributed by atoms with Crippen molar-refractivity contribution >= 4 is 17.3 Å². The number of hydrogen-bond acceptors (Lipinski definition) is 8. The van der Waals surface area contributed by atoms with Crippen molar-refractivity contribution < 1.29 is 9.84 Å². The first-order valence-electron chi connectivity index (χ1n) is 12.4. The number of likely N-dealkylation sites (tertiary alicyclic amines) is 1. The summed E-state index contributed by atoms with van der Waals surface area (Å²) >= 11 is 0. The Balaban J connectivity index is 1.44. The molecule has 2 aliphatic heterocycles. The summed E-state index contributed by atoms with van der Waals surface area (Å²) in [6.45, 7) is 6.67. The van der Waals surface area contributed by atoms with Crippen molar-refractivity contribution in [3.8, 4) is 23.1 Å². The maximum absolute atomic E-state index is 10.0. The number of nitrogens with one attached hydrogen (secondary N) is 2. The van der Waals surface area contributed by atoms with Crippen molar-refractivity contribution in [2.45, 2.75) is 38.2 Å². The number of nitriles is 1. The lowest BCUT2D eigenvalue weighted by molar-refractivity contribution is 0.115. The number of rotatable bonds is 6. The van der Waals surface area contributed by atoms with E-state index < -0.39 is 5.41 Å². The first-order chi connectivity index (χ1) is 17.4. The van der Waals surface area contributed by atoms with Gasteiger partial charge in [-0.2, -0.15) is 5.26 Å². The van der Waals surface area contributed by atoms with E-state index in [0.717, 1.165) is 59.7 Å². The van der Waals surface area contributed by atoms with Crippen LogP contribution in [0.4, 0.5) is 17.3 Å². The van der Waals surface area contributed by atoms with Crippen molar-refractivity contribution in [3.63, 3.8) is 0 Å². The van der Waals surface area contributed by atoms with Crippen LogP contribution in [-0.4, -0.2) is 59.4 Å². The fourth-order valence-corrected chi connectivity index (χ4v) is 4.89. The van der Waals surface area contributed by atoms with Crippen LogP contribution in [0.15, 0.2) is 42.6 Å². The van der Waals surface area contributed by atoms with Crippen LogP contribution in [0.3, 0.4) is 0 Å². The Labute approximate surface area is 212 Å². The molecule has 0 radical (unpaired) electrons. The third kappa shape index (κ3) is 4.72. The van der Waals surface area contributed by atoms with E-state index in [2.05, 4.69) is 33.6 Å². The van der Waals surface area contributed by atoms with Crippen molar-refractivity contribution in [3.05, 3.63) is 59.3 Å². The summed E-state index contributed by atoms with van der Waals surface area (Å²) in [5, 5.41) is 26.4. The molecule has 3 N–H and O–H groups in total. The highest BCUT2D eigenvalue weighted by Gasteiger charge is 2.36. The number of ether oxygens (including phenoxy) is 1. The van der Waals surface area contributed by atoms with Gasteiger partial charge in [0.05, 0.1) is 29.2 Å². The van der Waals surface area contributed by atoms with Gasteiger partial charge in [-0.05, 0) is 68.3 Å². The molecule has 1 saturated heterocycles. The zero-order valence-electron chi connectivity index (χ0n) is 21.0. The molecular weight excluding hydrogens is 452 g/mol. The number of fused-ring (bicyclic) bond motifs is 1. The second kappa shape index (κ2) is 9.76. The summed E-state index contributed by atoms with van der Waals surface area (Å²) in [6.07, 6.45) is 3.89. The number of hydrogen-bond donors (Lipinski definition) is 3. The van der Waals surface area contributed by atoms with E-state index in [1.807, 2.05) is 50.2 Å². The van der Waals surface area contributed by atoms with Gasteiger partial charge >= 0.3 is 0 Å².